The van der Waals surface area contributed by atoms with E-state index in [9.17, 15) is 0 Å². The van der Waals surface area contributed by atoms with Gasteiger partial charge >= 0.3 is 0 Å². The highest BCUT2D eigenvalue weighted by molar-refractivity contribution is 5.59. The minimum Gasteiger partial charge on any atom is -1.00 e. The predicted molar refractivity (Wildman–Crippen MR) is 156 cm³/mol. The maximum atomic E-state index is 2.39. The van der Waals surface area contributed by atoms with Crippen LogP contribution < -0.4 is 43.1 Å². The van der Waals surface area contributed by atoms with E-state index in [2.05, 4.69) is 72.0 Å². The van der Waals surface area contributed by atoms with E-state index in [1.165, 1.54) is 140 Å². The van der Waals surface area contributed by atoms with Gasteiger partial charge in [-0.25, -0.2) is 9.13 Å². The minimum absolute atomic E-state index is 0. The minimum atomic E-state index is 0. The van der Waals surface area contributed by atoms with Crippen molar-refractivity contribution in [3.05, 3.63) is 49.1 Å². The lowest BCUT2D eigenvalue weighted by Crippen LogP contribution is -3.00. The Hall–Kier alpha value is -0.740. The number of unbranched alkanes of at least 4 members (excludes halogenated alkanes) is 18. The molecular weight excluding hydrogens is 596 g/mol. The van der Waals surface area contributed by atoms with Crippen LogP contribution in [-0.2, 0) is 13.1 Å². The van der Waals surface area contributed by atoms with Gasteiger partial charge in [-0.3, -0.25) is 0 Å². The monoisotopic (exact) mass is 652 g/mol. The molecule has 0 bridgehead atoms. The zero-order valence-electron chi connectivity index (χ0n) is 24.8. The van der Waals surface area contributed by atoms with Crippen LogP contribution in [0.15, 0.2) is 49.1 Å². The van der Waals surface area contributed by atoms with Crippen molar-refractivity contribution in [1.82, 2.24) is 0 Å². The van der Waals surface area contributed by atoms with E-state index in [4.69, 9.17) is 0 Å². The number of hydrogen-bond donors (Lipinski definition) is 0. The van der Waals surface area contributed by atoms with Gasteiger partial charge < -0.3 is 34.0 Å². The molecule has 0 amide bonds. The van der Waals surface area contributed by atoms with Crippen LogP contribution in [0.3, 0.4) is 0 Å². The summed E-state index contributed by atoms with van der Waals surface area (Å²) in [5.74, 6) is 0. The van der Waals surface area contributed by atoms with Crippen LogP contribution in [0.1, 0.15) is 142 Å². The molecule has 218 valence electrons. The maximum absolute atomic E-state index is 2.39. The highest BCUT2D eigenvalue weighted by Crippen LogP contribution is 2.16. The molecule has 2 aromatic rings. The van der Waals surface area contributed by atoms with Gasteiger partial charge in [0.25, 0.3) is 0 Å². The number of aryl methyl sites for hydroxylation is 2. The summed E-state index contributed by atoms with van der Waals surface area (Å²) in [4.78, 5) is 0. The molecule has 0 fully saturated rings. The van der Waals surface area contributed by atoms with Crippen molar-refractivity contribution < 1.29 is 43.1 Å². The molecule has 2 heterocycles. The molecule has 0 atom stereocenters. The molecule has 0 N–H and O–H groups in total. The van der Waals surface area contributed by atoms with Crippen molar-refractivity contribution >= 4 is 0 Å². The van der Waals surface area contributed by atoms with Gasteiger partial charge in [0.2, 0.25) is 0 Å². The Bertz CT molecular complexity index is 715. The zero-order chi connectivity index (χ0) is 25.5. The molecule has 0 saturated carbocycles. The van der Waals surface area contributed by atoms with Gasteiger partial charge in [0.1, 0.15) is 13.1 Å². The fraction of sp³-hybridized carbons (Fsp3) is 0.706. The van der Waals surface area contributed by atoms with Gasteiger partial charge in [-0.15, -0.1) is 0 Å². The normalized spacial score (nSPS) is 10.7. The van der Waals surface area contributed by atoms with Crippen LogP contribution in [0.2, 0.25) is 0 Å². The van der Waals surface area contributed by atoms with Crippen molar-refractivity contribution in [3.63, 3.8) is 0 Å². The lowest BCUT2D eigenvalue weighted by atomic mass is 10.1. The Morgan fingerprint density at radius 2 is 0.711 bits per heavy atom. The Morgan fingerprint density at radius 3 is 1.03 bits per heavy atom. The van der Waals surface area contributed by atoms with Crippen LogP contribution in [0.25, 0.3) is 11.1 Å². The number of hydrogen-bond acceptors (Lipinski definition) is 0. The molecule has 0 aromatic carbocycles. The van der Waals surface area contributed by atoms with E-state index >= 15 is 0 Å². The van der Waals surface area contributed by atoms with Gasteiger partial charge in [-0.2, -0.15) is 0 Å². The van der Waals surface area contributed by atoms with E-state index < -0.39 is 0 Å². The van der Waals surface area contributed by atoms with E-state index in [0.29, 0.717) is 0 Å². The first-order chi connectivity index (χ1) is 17.8. The molecule has 4 heteroatoms. The Morgan fingerprint density at radius 1 is 0.421 bits per heavy atom. The SMILES string of the molecule is CCCCCCCCCCCC[n+]1cccc(-c2ccc[n+](CCCCCCCCCCCC)c2)c1.[Br-].[Br-]. The van der Waals surface area contributed by atoms with Crippen molar-refractivity contribution in [2.75, 3.05) is 0 Å². The molecule has 2 rings (SSSR count). The molecule has 0 saturated heterocycles. The number of halogens is 2. The summed E-state index contributed by atoms with van der Waals surface area (Å²) in [5.41, 5.74) is 2.67. The molecule has 38 heavy (non-hydrogen) atoms. The molecule has 0 aliphatic heterocycles. The largest absolute Gasteiger partial charge is 1.00 e. The molecule has 0 spiro atoms. The first-order valence-electron chi connectivity index (χ1n) is 15.8. The van der Waals surface area contributed by atoms with Crippen LogP contribution in [0.5, 0.6) is 0 Å². The second-order valence-corrected chi connectivity index (χ2v) is 11.0. The summed E-state index contributed by atoms with van der Waals surface area (Å²) in [5, 5.41) is 0. The van der Waals surface area contributed by atoms with Gasteiger partial charge in [-0.1, -0.05) is 117 Å². The maximum Gasteiger partial charge on any atom is 0.176 e. The Labute approximate surface area is 257 Å². The predicted octanol–water partition coefficient (Wildman–Crippen LogP) is 3.78. The number of pyridine rings is 2. The quantitative estimate of drug-likeness (QED) is 0.127. The number of nitrogens with zero attached hydrogens (tertiary/aromatic N) is 2. The zero-order valence-corrected chi connectivity index (χ0v) is 28.0. The summed E-state index contributed by atoms with van der Waals surface area (Å²) in [6.07, 6.45) is 37.1. The molecule has 0 aliphatic carbocycles. The summed E-state index contributed by atoms with van der Waals surface area (Å²) in [6.45, 7) is 6.86. The number of aromatic nitrogens is 2. The van der Waals surface area contributed by atoms with Crippen molar-refractivity contribution in [1.29, 1.82) is 0 Å². The highest BCUT2D eigenvalue weighted by atomic mass is 79.9. The van der Waals surface area contributed by atoms with Gasteiger partial charge in [0, 0.05) is 25.0 Å². The van der Waals surface area contributed by atoms with Crippen molar-refractivity contribution in [2.45, 2.75) is 155 Å². The fourth-order valence-electron chi connectivity index (χ4n) is 5.23. The smallest absolute Gasteiger partial charge is 0.176 e. The van der Waals surface area contributed by atoms with Crippen LogP contribution in [0.4, 0.5) is 0 Å². The van der Waals surface area contributed by atoms with Gasteiger partial charge in [0.05, 0.1) is 11.1 Å². The third kappa shape index (κ3) is 18.5. The Kier molecular flexibility index (Phi) is 26.0. The molecular formula is C34H58Br2N2. The van der Waals surface area contributed by atoms with Gasteiger partial charge in [-0.05, 0) is 25.0 Å². The second-order valence-electron chi connectivity index (χ2n) is 11.0. The van der Waals surface area contributed by atoms with E-state index in [1.54, 1.807) is 0 Å². The van der Waals surface area contributed by atoms with Crippen LogP contribution >= 0.6 is 0 Å². The molecule has 2 aromatic heterocycles. The topological polar surface area (TPSA) is 7.76 Å². The van der Waals surface area contributed by atoms with Gasteiger partial charge in [0.15, 0.2) is 24.8 Å². The van der Waals surface area contributed by atoms with E-state index in [1.807, 2.05) is 0 Å². The average Bonchev–Trinajstić information content (AvgIpc) is 2.91. The molecule has 2 nitrogen and oxygen atoms in total. The standard InChI is InChI=1S/C34H58N2.2BrH/c1-3-5-7-9-11-13-15-17-19-21-27-35-29-23-25-33(31-35)34-26-24-30-36(32-34)28-22-20-18-16-14-12-10-8-6-4-2;;/h23-26,29-32H,3-22,27-28H2,1-2H3;2*1H/q+2;;/p-2. The van der Waals surface area contributed by atoms with Crippen LogP contribution in [0, 0.1) is 0 Å². The van der Waals surface area contributed by atoms with Crippen LogP contribution in [-0.4, -0.2) is 0 Å². The fourth-order valence-corrected chi connectivity index (χ4v) is 5.23. The highest BCUT2D eigenvalue weighted by Gasteiger charge is 2.09. The summed E-state index contributed by atoms with van der Waals surface area (Å²) in [7, 11) is 0. The summed E-state index contributed by atoms with van der Waals surface area (Å²) in [6, 6.07) is 8.95. The third-order valence-electron chi connectivity index (χ3n) is 7.59. The lowest BCUT2D eigenvalue weighted by Gasteiger charge is -2.04. The van der Waals surface area contributed by atoms with E-state index in [-0.39, 0.29) is 34.0 Å². The lowest BCUT2D eigenvalue weighted by molar-refractivity contribution is -0.698. The van der Waals surface area contributed by atoms with E-state index in [0.717, 1.165) is 13.1 Å². The molecule has 0 radical (unpaired) electrons. The second kappa shape index (κ2) is 26.5. The molecule has 0 unspecified atom stereocenters. The van der Waals surface area contributed by atoms with Crippen molar-refractivity contribution in [3.8, 4) is 11.1 Å². The number of rotatable bonds is 23. The first-order valence-corrected chi connectivity index (χ1v) is 15.8. The first kappa shape index (κ1) is 37.3. The average molecular weight is 655 g/mol. The summed E-state index contributed by atoms with van der Waals surface area (Å²) >= 11 is 0. The Balaban J connectivity index is 0.00000684. The van der Waals surface area contributed by atoms with Crippen molar-refractivity contribution in [2.24, 2.45) is 0 Å². The third-order valence-corrected chi connectivity index (χ3v) is 7.59. The molecule has 0 aliphatic rings. The summed E-state index contributed by atoms with van der Waals surface area (Å²) < 4.78 is 4.78.